The number of esters is 1. The predicted molar refractivity (Wildman–Crippen MR) is 67.6 cm³/mol. The number of alkyl carbamates (subject to hydrolysis) is 1. The Bertz CT molecular complexity index is 265. The van der Waals surface area contributed by atoms with E-state index in [0.29, 0.717) is 13.2 Å². The molecule has 0 aliphatic carbocycles. The Morgan fingerprint density at radius 3 is 1.84 bits per heavy atom. The van der Waals surface area contributed by atoms with E-state index < -0.39 is 24.4 Å². The molecule has 1 N–H and O–H groups in total. The smallest absolute Gasteiger partial charge is 0.407 e. The van der Waals surface area contributed by atoms with Gasteiger partial charge in [-0.05, 0) is 27.7 Å². The van der Waals surface area contributed by atoms with Crippen LogP contribution in [0.5, 0.6) is 0 Å². The Labute approximate surface area is 113 Å². The van der Waals surface area contributed by atoms with Crippen molar-refractivity contribution in [3.05, 3.63) is 0 Å². The van der Waals surface area contributed by atoms with Crippen molar-refractivity contribution in [1.29, 1.82) is 0 Å². The Hall–Kier alpha value is -1.34. The second-order valence-electron chi connectivity index (χ2n) is 3.37. The van der Waals surface area contributed by atoms with E-state index in [2.05, 4.69) is 5.32 Å². The number of carbonyl (C=O) groups is 2. The van der Waals surface area contributed by atoms with Crippen molar-refractivity contribution in [2.45, 2.75) is 40.0 Å². The van der Waals surface area contributed by atoms with Gasteiger partial charge in [-0.2, -0.15) is 0 Å². The predicted octanol–water partition coefficient (Wildman–Crippen LogP) is 1.06. The maximum atomic E-state index is 11.8. The number of rotatable bonds is 9. The van der Waals surface area contributed by atoms with Gasteiger partial charge in [-0.1, -0.05) is 0 Å². The highest BCUT2D eigenvalue weighted by atomic mass is 16.7. The van der Waals surface area contributed by atoms with Gasteiger partial charge in [0.05, 0.1) is 13.2 Å². The Morgan fingerprint density at radius 2 is 1.42 bits per heavy atom. The summed E-state index contributed by atoms with van der Waals surface area (Å²) in [6.07, 6.45) is -1.62. The molecule has 0 aromatic rings. The van der Waals surface area contributed by atoms with Crippen LogP contribution < -0.4 is 5.32 Å². The molecule has 7 nitrogen and oxygen atoms in total. The highest BCUT2D eigenvalue weighted by Crippen LogP contribution is 2.05. The van der Waals surface area contributed by atoms with Crippen molar-refractivity contribution in [3.8, 4) is 0 Å². The maximum absolute atomic E-state index is 11.8. The number of hydrogen-bond donors (Lipinski definition) is 1. The van der Waals surface area contributed by atoms with Crippen molar-refractivity contribution in [2.24, 2.45) is 0 Å². The lowest BCUT2D eigenvalue weighted by Gasteiger charge is -2.25. The molecule has 0 rings (SSSR count). The standard InChI is InChI=1S/C12H23NO6/c1-5-16-10(14)9(13-12(15)19-8-4)11(17-6-2)18-7-3/h9,11H,5-8H2,1-4H3,(H,13,15)/t9-/m1/s1. The van der Waals surface area contributed by atoms with Gasteiger partial charge >= 0.3 is 12.1 Å². The summed E-state index contributed by atoms with van der Waals surface area (Å²) in [6.45, 7) is 7.95. The number of carbonyl (C=O) groups excluding carboxylic acids is 2. The van der Waals surface area contributed by atoms with E-state index in [0.717, 1.165) is 0 Å². The molecule has 0 saturated heterocycles. The first-order valence-electron chi connectivity index (χ1n) is 6.43. The van der Waals surface area contributed by atoms with Crippen LogP contribution >= 0.6 is 0 Å². The van der Waals surface area contributed by atoms with Gasteiger partial charge in [-0.25, -0.2) is 9.59 Å². The first-order chi connectivity index (χ1) is 9.10. The molecule has 0 unspecified atom stereocenters. The number of ether oxygens (including phenoxy) is 4. The summed E-state index contributed by atoms with van der Waals surface area (Å²) in [6, 6.07) is -1.06. The molecule has 0 aliphatic heterocycles. The number of amides is 1. The van der Waals surface area contributed by atoms with Crippen LogP contribution in [0.4, 0.5) is 4.79 Å². The summed E-state index contributed by atoms with van der Waals surface area (Å²) in [5, 5.41) is 2.39. The first-order valence-corrected chi connectivity index (χ1v) is 6.43. The number of hydrogen-bond acceptors (Lipinski definition) is 6. The summed E-state index contributed by atoms with van der Waals surface area (Å²) < 4.78 is 20.2. The molecule has 0 aliphatic rings. The molecule has 19 heavy (non-hydrogen) atoms. The lowest BCUT2D eigenvalue weighted by Crippen LogP contribution is -2.51. The Morgan fingerprint density at radius 1 is 0.895 bits per heavy atom. The van der Waals surface area contributed by atoms with Gasteiger partial charge in [0.1, 0.15) is 0 Å². The van der Waals surface area contributed by atoms with Crippen molar-refractivity contribution in [3.63, 3.8) is 0 Å². The zero-order chi connectivity index (χ0) is 14.7. The summed E-state index contributed by atoms with van der Waals surface area (Å²) in [7, 11) is 0. The van der Waals surface area contributed by atoms with Crippen molar-refractivity contribution in [2.75, 3.05) is 26.4 Å². The van der Waals surface area contributed by atoms with E-state index in [9.17, 15) is 9.59 Å². The van der Waals surface area contributed by atoms with Gasteiger partial charge in [-0.15, -0.1) is 0 Å². The first kappa shape index (κ1) is 17.7. The van der Waals surface area contributed by atoms with Crippen LogP contribution in [0.25, 0.3) is 0 Å². The minimum Gasteiger partial charge on any atom is -0.464 e. The van der Waals surface area contributed by atoms with Crippen molar-refractivity contribution in [1.82, 2.24) is 5.32 Å². The second-order valence-corrected chi connectivity index (χ2v) is 3.37. The fourth-order valence-electron chi connectivity index (χ4n) is 1.34. The fraction of sp³-hybridized carbons (Fsp3) is 0.833. The monoisotopic (exact) mass is 277 g/mol. The molecule has 1 atom stereocenters. The molecule has 0 saturated carbocycles. The SMILES string of the molecule is CCOC(=O)N[C@H](C(=O)OCC)C(OCC)OCC. The minimum absolute atomic E-state index is 0.199. The van der Waals surface area contributed by atoms with Crippen LogP contribution in [0, 0.1) is 0 Å². The van der Waals surface area contributed by atoms with Crippen molar-refractivity contribution < 1.29 is 28.5 Å². The lowest BCUT2D eigenvalue weighted by atomic mass is 10.3. The number of nitrogens with one attached hydrogen (secondary N) is 1. The average Bonchev–Trinajstić information content (AvgIpc) is 2.36. The van der Waals surface area contributed by atoms with Crippen LogP contribution in [0.2, 0.25) is 0 Å². The molecule has 1 amide bonds. The van der Waals surface area contributed by atoms with Gasteiger partial charge in [-0.3, -0.25) is 0 Å². The average molecular weight is 277 g/mol. The summed E-state index contributed by atoms with van der Waals surface area (Å²) in [4.78, 5) is 23.2. The quantitative estimate of drug-likeness (QED) is 0.501. The molecule has 7 heteroatoms. The van der Waals surface area contributed by atoms with Crippen LogP contribution in [-0.4, -0.2) is 50.8 Å². The third-order valence-electron chi connectivity index (χ3n) is 2.02. The lowest BCUT2D eigenvalue weighted by molar-refractivity contribution is -0.178. The highest BCUT2D eigenvalue weighted by Gasteiger charge is 2.33. The molecule has 0 aromatic carbocycles. The topological polar surface area (TPSA) is 83.1 Å². The Balaban J connectivity index is 4.78. The van der Waals surface area contributed by atoms with Gasteiger partial charge in [0.15, 0.2) is 12.3 Å². The van der Waals surface area contributed by atoms with Gasteiger partial charge in [0.2, 0.25) is 0 Å². The van der Waals surface area contributed by atoms with Crippen molar-refractivity contribution >= 4 is 12.1 Å². The summed E-state index contributed by atoms with van der Waals surface area (Å²) >= 11 is 0. The van der Waals surface area contributed by atoms with Gasteiger partial charge in [0, 0.05) is 13.2 Å². The fourth-order valence-corrected chi connectivity index (χ4v) is 1.34. The zero-order valence-electron chi connectivity index (χ0n) is 11.9. The summed E-state index contributed by atoms with van der Waals surface area (Å²) in [5.41, 5.74) is 0. The van der Waals surface area contributed by atoms with Gasteiger partial charge < -0.3 is 24.3 Å². The van der Waals surface area contributed by atoms with Crippen LogP contribution in [0.15, 0.2) is 0 Å². The van der Waals surface area contributed by atoms with E-state index in [1.807, 2.05) is 0 Å². The van der Waals surface area contributed by atoms with E-state index in [1.54, 1.807) is 27.7 Å². The highest BCUT2D eigenvalue weighted by molar-refractivity contribution is 5.81. The van der Waals surface area contributed by atoms with E-state index in [4.69, 9.17) is 18.9 Å². The molecule has 0 fully saturated rings. The maximum Gasteiger partial charge on any atom is 0.407 e. The van der Waals surface area contributed by atoms with E-state index in [-0.39, 0.29) is 13.2 Å². The minimum atomic E-state index is -1.06. The van der Waals surface area contributed by atoms with E-state index >= 15 is 0 Å². The van der Waals surface area contributed by atoms with Crippen LogP contribution in [0.1, 0.15) is 27.7 Å². The summed E-state index contributed by atoms with van der Waals surface area (Å²) in [5.74, 6) is -0.623. The molecule has 0 aromatic heterocycles. The third-order valence-corrected chi connectivity index (χ3v) is 2.02. The molecule has 0 spiro atoms. The molecule has 0 heterocycles. The second kappa shape index (κ2) is 10.6. The largest absolute Gasteiger partial charge is 0.464 e. The zero-order valence-corrected chi connectivity index (χ0v) is 11.9. The Kier molecular flexibility index (Phi) is 9.82. The van der Waals surface area contributed by atoms with Crippen LogP contribution in [0.3, 0.4) is 0 Å². The molecular weight excluding hydrogens is 254 g/mol. The third kappa shape index (κ3) is 6.97. The molecule has 0 radical (unpaired) electrons. The van der Waals surface area contributed by atoms with Crippen LogP contribution in [-0.2, 0) is 23.7 Å². The molecule has 112 valence electrons. The van der Waals surface area contributed by atoms with E-state index in [1.165, 1.54) is 0 Å². The molecular formula is C12H23NO6. The molecule has 0 bridgehead atoms. The van der Waals surface area contributed by atoms with Gasteiger partial charge in [0.25, 0.3) is 0 Å². The normalized spacial score (nSPS) is 12.1.